The first-order valence-corrected chi connectivity index (χ1v) is 17.5. The number of benzene rings is 7. The van der Waals surface area contributed by atoms with Gasteiger partial charge >= 0.3 is 0 Å². The predicted molar refractivity (Wildman–Crippen MR) is 212 cm³/mol. The molecule has 10 rings (SSSR count). The normalized spacial score (nSPS) is 13.1. The molecule has 3 nitrogen and oxygen atoms in total. The van der Waals surface area contributed by atoms with Gasteiger partial charge in [-0.2, -0.15) is 0 Å². The minimum absolute atomic E-state index is 0.249. The molecule has 0 saturated heterocycles. The summed E-state index contributed by atoms with van der Waals surface area (Å²) < 4.78 is 0. The van der Waals surface area contributed by atoms with Crippen molar-refractivity contribution in [3.8, 4) is 56.3 Å². The van der Waals surface area contributed by atoms with Crippen LogP contribution in [0.4, 0.5) is 0 Å². The Morgan fingerprint density at radius 1 is 0.451 bits per heavy atom. The van der Waals surface area contributed by atoms with Gasteiger partial charge in [0.1, 0.15) is 0 Å². The summed E-state index contributed by atoms with van der Waals surface area (Å²) in [5.74, 6) is 0.712. The van der Waals surface area contributed by atoms with E-state index in [9.17, 15) is 0 Å². The molecule has 240 valence electrons. The summed E-state index contributed by atoms with van der Waals surface area (Å²) >= 11 is 0. The highest BCUT2D eigenvalue weighted by molar-refractivity contribution is 6.19. The molecule has 1 aliphatic carbocycles. The number of nitrogens with zero attached hydrogens (tertiary/aromatic N) is 3. The van der Waals surface area contributed by atoms with Crippen LogP contribution in [-0.2, 0) is 5.41 Å². The number of aromatic nitrogens is 3. The molecule has 0 radical (unpaired) electrons. The lowest BCUT2D eigenvalue weighted by atomic mass is 9.77. The second-order valence-electron chi connectivity index (χ2n) is 14.0. The van der Waals surface area contributed by atoms with Gasteiger partial charge in [0.05, 0.1) is 22.6 Å². The molecule has 0 unspecified atom stereocenters. The summed E-state index contributed by atoms with van der Waals surface area (Å²) in [6.45, 7) is 4.71. The summed E-state index contributed by atoms with van der Waals surface area (Å²) in [6, 6.07) is 58.1. The van der Waals surface area contributed by atoms with E-state index in [1.807, 2.05) is 24.3 Å². The predicted octanol–water partition coefficient (Wildman–Crippen LogP) is 12.3. The molecule has 0 amide bonds. The average molecular weight is 652 g/mol. The first kappa shape index (κ1) is 29.5. The van der Waals surface area contributed by atoms with Crippen LogP contribution in [0, 0.1) is 0 Å². The van der Waals surface area contributed by atoms with Crippen LogP contribution in [0.25, 0.3) is 88.7 Å². The van der Waals surface area contributed by atoms with E-state index in [-0.39, 0.29) is 5.41 Å². The molecular formula is C48H33N3. The van der Waals surface area contributed by atoms with E-state index in [0.717, 1.165) is 44.7 Å². The summed E-state index contributed by atoms with van der Waals surface area (Å²) in [4.78, 5) is 15.7. The molecule has 2 heterocycles. The van der Waals surface area contributed by atoms with Gasteiger partial charge in [-0.3, -0.25) is 0 Å². The van der Waals surface area contributed by atoms with Crippen LogP contribution >= 0.6 is 0 Å². The molecule has 7 aromatic carbocycles. The Balaban J connectivity index is 1.29. The lowest BCUT2D eigenvalue weighted by Crippen LogP contribution is -2.17. The summed E-state index contributed by atoms with van der Waals surface area (Å²) in [6.07, 6.45) is 0. The Bertz CT molecular complexity index is 2760. The summed E-state index contributed by atoms with van der Waals surface area (Å²) in [5, 5.41) is 5.97. The molecule has 0 fully saturated rings. The van der Waals surface area contributed by atoms with Crippen LogP contribution in [0.15, 0.2) is 164 Å². The molecule has 1 aliphatic rings. The van der Waals surface area contributed by atoms with E-state index in [4.69, 9.17) is 15.0 Å². The molecule has 0 aliphatic heterocycles. The summed E-state index contributed by atoms with van der Waals surface area (Å²) in [7, 11) is 0. The van der Waals surface area contributed by atoms with Crippen LogP contribution < -0.4 is 0 Å². The molecule has 0 spiro atoms. The number of hydrogen-bond donors (Lipinski definition) is 0. The zero-order valence-corrected chi connectivity index (χ0v) is 28.4. The van der Waals surface area contributed by atoms with Crippen molar-refractivity contribution in [2.75, 3.05) is 0 Å². The fourth-order valence-corrected chi connectivity index (χ4v) is 8.28. The van der Waals surface area contributed by atoms with E-state index in [1.54, 1.807) is 0 Å². The summed E-state index contributed by atoms with van der Waals surface area (Å²) in [5.41, 5.74) is 13.1. The second-order valence-corrected chi connectivity index (χ2v) is 14.0. The van der Waals surface area contributed by atoms with E-state index in [2.05, 4.69) is 153 Å². The maximum Gasteiger partial charge on any atom is 0.160 e. The van der Waals surface area contributed by atoms with Crippen molar-refractivity contribution in [3.63, 3.8) is 0 Å². The fraction of sp³-hybridized carbons (Fsp3) is 0.0625. The van der Waals surface area contributed by atoms with Crippen LogP contribution in [-0.4, -0.2) is 15.0 Å². The Kier molecular flexibility index (Phi) is 6.53. The molecule has 2 aromatic heterocycles. The van der Waals surface area contributed by atoms with Crippen LogP contribution in [0.2, 0.25) is 0 Å². The van der Waals surface area contributed by atoms with Gasteiger partial charge in [0.25, 0.3) is 0 Å². The van der Waals surface area contributed by atoms with Crippen LogP contribution in [0.5, 0.6) is 0 Å². The minimum atomic E-state index is -0.249. The lowest BCUT2D eigenvalue weighted by Gasteiger charge is -2.26. The van der Waals surface area contributed by atoms with E-state index in [0.29, 0.717) is 5.82 Å². The van der Waals surface area contributed by atoms with Gasteiger partial charge in [0.2, 0.25) is 0 Å². The van der Waals surface area contributed by atoms with Crippen molar-refractivity contribution in [2.24, 2.45) is 0 Å². The van der Waals surface area contributed by atoms with Crippen molar-refractivity contribution in [3.05, 3.63) is 175 Å². The Labute approximate surface area is 297 Å². The number of hydrogen-bond acceptors (Lipinski definition) is 3. The van der Waals surface area contributed by atoms with Crippen molar-refractivity contribution >= 4 is 32.4 Å². The minimum Gasteiger partial charge on any atom is -0.247 e. The van der Waals surface area contributed by atoms with Crippen molar-refractivity contribution in [1.29, 1.82) is 0 Å². The Hall–Kier alpha value is -6.45. The fourth-order valence-electron chi connectivity index (χ4n) is 8.28. The third-order valence-electron chi connectivity index (χ3n) is 10.7. The van der Waals surface area contributed by atoms with Gasteiger partial charge in [-0.25, -0.2) is 15.0 Å². The highest BCUT2D eigenvalue weighted by atomic mass is 14.9. The quantitative estimate of drug-likeness (QED) is 0.178. The maximum absolute atomic E-state index is 5.43. The molecule has 0 atom stereocenters. The topological polar surface area (TPSA) is 38.7 Å². The van der Waals surface area contributed by atoms with Gasteiger partial charge in [0, 0.05) is 33.1 Å². The van der Waals surface area contributed by atoms with Crippen molar-refractivity contribution in [1.82, 2.24) is 15.0 Å². The lowest BCUT2D eigenvalue weighted by molar-refractivity contribution is 0.662. The Morgan fingerprint density at radius 2 is 1.06 bits per heavy atom. The molecular weight excluding hydrogens is 619 g/mol. The monoisotopic (exact) mass is 651 g/mol. The Morgan fingerprint density at radius 3 is 1.84 bits per heavy atom. The van der Waals surface area contributed by atoms with E-state index in [1.165, 1.54) is 49.4 Å². The SMILES string of the molecule is CC1(C)c2ccccc2-c2nc3ccc4ccccc4c3c(-c3ccc(-c4cc(-c5ccccc5)nc(-c5ccccc5)n4)c4ccccc34)c21. The smallest absolute Gasteiger partial charge is 0.160 e. The molecule has 0 N–H and O–H groups in total. The second kappa shape index (κ2) is 11.3. The van der Waals surface area contributed by atoms with Gasteiger partial charge in [0.15, 0.2) is 5.82 Å². The van der Waals surface area contributed by atoms with Crippen LogP contribution in [0.3, 0.4) is 0 Å². The van der Waals surface area contributed by atoms with Crippen molar-refractivity contribution in [2.45, 2.75) is 19.3 Å². The van der Waals surface area contributed by atoms with Gasteiger partial charge < -0.3 is 0 Å². The molecule has 51 heavy (non-hydrogen) atoms. The number of pyridine rings is 1. The molecule has 9 aromatic rings. The van der Waals surface area contributed by atoms with Gasteiger partial charge in [-0.05, 0) is 55.9 Å². The third kappa shape index (κ3) is 4.55. The van der Waals surface area contributed by atoms with Crippen LogP contribution in [0.1, 0.15) is 25.0 Å². The highest BCUT2D eigenvalue weighted by Crippen LogP contribution is 2.55. The number of fused-ring (bicyclic) bond motifs is 7. The van der Waals surface area contributed by atoms with E-state index >= 15 is 0 Å². The third-order valence-corrected chi connectivity index (χ3v) is 10.7. The first-order valence-electron chi connectivity index (χ1n) is 17.5. The highest BCUT2D eigenvalue weighted by Gasteiger charge is 2.40. The van der Waals surface area contributed by atoms with Gasteiger partial charge in [-0.15, -0.1) is 0 Å². The average Bonchev–Trinajstić information content (AvgIpc) is 3.42. The zero-order chi connectivity index (χ0) is 34.1. The zero-order valence-electron chi connectivity index (χ0n) is 28.4. The standard InChI is InChI=1S/C48H33N3/c1-48(2)39-24-14-13-23-38(39)46-45(48)44(43-33-20-10-9-15-30(33)25-28-40(43)49-46)37-27-26-36(34-21-11-12-22-35(34)37)42-29-41(31-16-5-3-6-17-31)50-47(51-42)32-18-7-4-8-19-32/h3-29H,1-2H3. The molecule has 0 saturated carbocycles. The molecule has 0 bridgehead atoms. The number of rotatable bonds is 4. The van der Waals surface area contributed by atoms with Crippen molar-refractivity contribution < 1.29 is 0 Å². The maximum atomic E-state index is 5.43. The largest absolute Gasteiger partial charge is 0.247 e. The van der Waals surface area contributed by atoms with E-state index < -0.39 is 0 Å². The first-order chi connectivity index (χ1) is 25.1. The molecule has 3 heteroatoms. The van der Waals surface area contributed by atoms with Gasteiger partial charge in [-0.1, -0.05) is 166 Å².